The first-order valence-corrected chi connectivity index (χ1v) is 6.21. The monoisotopic (exact) mass is 274 g/mol. The Kier molecular flexibility index (Phi) is 6.89. The molecule has 0 aliphatic heterocycles. The van der Waals surface area contributed by atoms with Crippen molar-refractivity contribution in [1.29, 1.82) is 0 Å². The normalized spacial score (nSPS) is 12.6. The van der Waals surface area contributed by atoms with Crippen molar-refractivity contribution in [3.63, 3.8) is 0 Å². The number of carboxylic acid groups (broad SMARTS) is 2. The van der Waals surface area contributed by atoms with Crippen molar-refractivity contribution in [3.8, 4) is 0 Å². The molecular weight excluding hydrogens is 252 g/mol. The quantitative estimate of drug-likeness (QED) is 0.530. The van der Waals surface area contributed by atoms with Gasteiger partial charge in [-0.05, 0) is 26.7 Å². The molecule has 19 heavy (non-hydrogen) atoms. The van der Waals surface area contributed by atoms with Crippen LogP contribution in [-0.2, 0) is 9.59 Å². The van der Waals surface area contributed by atoms with Crippen molar-refractivity contribution < 1.29 is 24.6 Å². The van der Waals surface area contributed by atoms with Crippen molar-refractivity contribution in [2.24, 2.45) is 0 Å². The third-order valence-electron chi connectivity index (χ3n) is 2.58. The van der Waals surface area contributed by atoms with E-state index in [4.69, 9.17) is 10.2 Å². The van der Waals surface area contributed by atoms with Gasteiger partial charge in [0.05, 0.1) is 0 Å². The maximum Gasteiger partial charge on any atom is 0.326 e. The Hall–Kier alpha value is -1.79. The molecule has 0 spiro atoms. The minimum atomic E-state index is -1.25. The average molecular weight is 274 g/mol. The summed E-state index contributed by atoms with van der Waals surface area (Å²) < 4.78 is 0. The number of carbonyl (C=O) groups excluding carboxylic acids is 1. The molecule has 2 amide bonds. The maximum absolute atomic E-state index is 11.7. The van der Waals surface area contributed by atoms with Crippen molar-refractivity contribution >= 4 is 18.0 Å². The Morgan fingerprint density at radius 3 is 2.21 bits per heavy atom. The molecule has 7 nitrogen and oxygen atoms in total. The lowest BCUT2D eigenvalue weighted by Gasteiger charge is -2.26. The molecule has 0 unspecified atom stereocenters. The Morgan fingerprint density at radius 1 is 1.21 bits per heavy atom. The van der Waals surface area contributed by atoms with Crippen molar-refractivity contribution in [1.82, 2.24) is 10.6 Å². The molecule has 110 valence electrons. The summed E-state index contributed by atoms with van der Waals surface area (Å²) in [6.07, 6.45) is 1.18. The molecule has 0 aromatic heterocycles. The molecule has 0 rings (SSSR count). The van der Waals surface area contributed by atoms with Gasteiger partial charge in [-0.15, -0.1) is 0 Å². The molecule has 0 aliphatic carbocycles. The summed E-state index contributed by atoms with van der Waals surface area (Å²) in [5, 5.41) is 22.4. The van der Waals surface area contributed by atoms with Crippen LogP contribution < -0.4 is 10.6 Å². The van der Waals surface area contributed by atoms with Crippen LogP contribution in [0, 0.1) is 0 Å². The predicted molar refractivity (Wildman–Crippen MR) is 68.9 cm³/mol. The molecule has 7 heteroatoms. The first-order valence-electron chi connectivity index (χ1n) is 6.21. The van der Waals surface area contributed by atoms with Crippen LogP contribution in [0.4, 0.5) is 4.79 Å². The maximum atomic E-state index is 11.7. The van der Waals surface area contributed by atoms with Gasteiger partial charge in [0.1, 0.15) is 6.04 Å². The van der Waals surface area contributed by atoms with Crippen LogP contribution in [0.15, 0.2) is 0 Å². The summed E-state index contributed by atoms with van der Waals surface area (Å²) in [4.78, 5) is 33.0. The van der Waals surface area contributed by atoms with Crippen LogP contribution >= 0.6 is 0 Å². The zero-order valence-electron chi connectivity index (χ0n) is 11.5. The summed E-state index contributed by atoms with van der Waals surface area (Å²) in [6, 6.07) is -1.80. The third kappa shape index (κ3) is 8.01. The molecule has 0 aromatic carbocycles. The average Bonchev–Trinajstić information content (AvgIpc) is 2.22. The molecule has 0 aromatic rings. The molecule has 0 fully saturated rings. The van der Waals surface area contributed by atoms with E-state index in [0.29, 0.717) is 0 Å². The van der Waals surface area contributed by atoms with Gasteiger partial charge in [0.2, 0.25) is 0 Å². The van der Waals surface area contributed by atoms with E-state index >= 15 is 0 Å². The minimum absolute atomic E-state index is 0.147. The van der Waals surface area contributed by atoms with Gasteiger partial charge in [0, 0.05) is 12.0 Å². The fraction of sp³-hybridized carbons (Fsp3) is 0.750. The van der Waals surface area contributed by atoms with Gasteiger partial charge < -0.3 is 20.8 Å². The summed E-state index contributed by atoms with van der Waals surface area (Å²) in [5.41, 5.74) is -0.436. The number of urea groups is 1. The van der Waals surface area contributed by atoms with Crippen molar-refractivity contribution in [3.05, 3.63) is 0 Å². The predicted octanol–water partition coefficient (Wildman–Crippen LogP) is 1.18. The van der Waals surface area contributed by atoms with Gasteiger partial charge in [0.25, 0.3) is 0 Å². The van der Waals surface area contributed by atoms with Crippen LogP contribution in [0.25, 0.3) is 0 Å². The molecule has 0 bridgehead atoms. The molecule has 1 atom stereocenters. The molecule has 0 heterocycles. The van der Waals surface area contributed by atoms with Crippen LogP contribution in [0.2, 0.25) is 0 Å². The Bertz CT molecular complexity index is 341. The van der Waals surface area contributed by atoms with E-state index in [1.165, 1.54) is 0 Å². The number of nitrogens with one attached hydrogen (secondary N) is 2. The lowest BCUT2D eigenvalue weighted by Crippen LogP contribution is -2.52. The van der Waals surface area contributed by atoms with E-state index in [1.807, 2.05) is 20.8 Å². The SMILES string of the molecule is CCCC(C)(C)NC(=O)N[C@@H](CCC(=O)O)C(=O)O. The van der Waals surface area contributed by atoms with Gasteiger partial charge in [-0.2, -0.15) is 0 Å². The molecule has 0 aliphatic rings. The fourth-order valence-corrected chi connectivity index (χ4v) is 1.71. The number of hydrogen-bond donors (Lipinski definition) is 4. The van der Waals surface area contributed by atoms with Crippen LogP contribution in [0.1, 0.15) is 46.5 Å². The third-order valence-corrected chi connectivity index (χ3v) is 2.58. The minimum Gasteiger partial charge on any atom is -0.481 e. The number of carboxylic acids is 2. The highest BCUT2D eigenvalue weighted by atomic mass is 16.4. The number of rotatable bonds is 8. The smallest absolute Gasteiger partial charge is 0.326 e. The van der Waals surface area contributed by atoms with E-state index in [2.05, 4.69) is 10.6 Å². The second-order valence-corrected chi connectivity index (χ2v) is 5.06. The standard InChI is InChI=1S/C12H22N2O5/c1-4-7-12(2,3)14-11(19)13-8(10(17)18)5-6-9(15)16/h8H,4-7H2,1-3H3,(H,15,16)(H,17,18)(H2,13,14,19)/t8-/m0/s1. The Labute approximate surface area is 112 Å². The molecule has 0 saturated heterocycles. The summed E-state index contributed by atoms with van der Waals surface area (Å²) in [7, 11) is 0. The topological polar surface area (TPSA) is 116 Å². The van der Waals surface area contributed by atoms with E-state index in [-0.39, 0.29) is 12.8 Å². The number of carbonyl (C=O) groups is 3. The van der Waals surface area contributed by atoms with E-state index in [0.717, 1.165) is 12.8 Å². The molecular formula is C12H22N2O5. The Balaban J connectivity index is 4.39. The van der Waals surface area contributed by atoms with Gasteiger partial charge in [0.15, 0.2) is 0 Å². The lowest BCUT2D eigenvalue weighted by molar-refractivity contribution is -0.140. The highest BCUT2D eigenvalue weighted by Crippen LogP contribution is 2.10. The van der Waals surface area contributed by atoms with Gasteiger partial charge in [-0.25, -0.2) is 9.59 Å². The number of hydrogen-bond acceptors (Lipinski definition) is 3. The van der Waals surface area contributed by atoms with Gasteiger partial charge in [-0.1, -0.05) is 13.3 Å². The van der Waals surface area contributed by atoms with E-state index in [9.17, 15) is 14.4 Å². The first-order chi connectivity index (χ1) is 8.68. The lowest BCUT2D eigenvalue weighted by atomic mass is 9.99. The zero-order valence-corrected chi connectivity index (χ0v) is 11.5. The second-order valence-electron chi connectivity index (χ2n) is 5.06. The molecule has 0 saturated carbocycles. The van der Waals surface area contributed by atoms with Crippen LogP contribution in [0.5, 0.6) is 0 Å². The van der Waals surface area contributed by atoms with Crippen LogP contribution in [-0.4, -0.2) is 39.8 Å². The van der Waals surface area contributed by atoms with E-state index < -0.39 is 29.6 Å². The van der Waals surface area contributed by atoms with Crippen molar-refractivity contribution in [2.45, 2.75) is 58.0 Å². The highest BCUT2D eigenvalue weighted by molar-refractivity contribution is 5.83. The van der Waals surface area contributed by atoms with E-state index in [1.54, 1.807) is 0 Å². The molecule has 0 radical (unpaired) electrons. The molecule has 4 N–H and O–H groups in total. The number of aliphatic carboxylic acids is 2. The summed E-state index contributed by atoms with van der Waals surface area (Å²) in [5.74, 6) is -2.34. The Morgan fingerprint density at radius 2 is 1.79 bits per heavy atom. The summed E-state index contributed by atoms with van der Waals surface area (Å²) in [6.45, 7) is 5.65. The van der Waals surface area contributed by atoms with Crippen LogP contribution in [0.3, 0.4) is 0 Å². The first kappa shape index (κ1) is 17.2. The fourth-order valence-electron chi connectivity index (χ4n) is 1.71. The largest absolute Gasteiger partial charge is 0.481 e. The second kappa shape index (κ2) is 7.60. The number of amides is 2. The van der Waals surface area contributed by atoms with Crippen molar-refractivity contribution in [2.75, 3.05) is 0 Å². The van der Waals surface area contributed by atoms with Gasteiger partial charge >= 0.3 is 18.0 Å². The summed E-state index contributed by atoms with van der Waals surface area (Å²) >= 11 is 0. The highest BCUT2D eigenvalue weighted by Gasteiger charge is 2.24. The zero-order chi connectivity index (χ0) is 15.1. The van der Waals surface area contributed by atoms with Gasteiger partial charge in [-0.3, -0.25) is 4.79 Å².